The molecule has 9 nitrogen and oxygen atoms in total. The summed E-state index contributed by atoms with van der Waals surface area (Å²) in [6, 6.07) is 10.3. The number of hydrogen-bond acceptors (Lipinski definition) is 7. The molecule has 188 valence electrons. The summed E-state index contributed by atoms with van der Waals surface area (Å²) in [5, 5.41) is 2.01. The zero-order valence-corrected chi connectivity index (χ0v) is 21.6. The van der Waals surface area contributed by atoms with E-state index in [1.807, 2.05) is 19.1 Å². The number of fused-ring (bicyclic) bond motifs is 2. The lowest BCUT2D eigenvalue weighted by atomic mass is 10.0. The highest BCUT2D eigenvalue weighted by atomic mass is 32.2. The fourth-order valence-corrected chi connectivity index (χ4v) is 6.55. The zero-order chi connectivity index (χ0) is 25.4. The molecule has 1 aromatic heterocycles. The molecule has 0 atom stereocenters. The third kappa shape index (κ3) is 4.56. The predicted molar refractivity (Wildman–Crippen MR) is 139 cm³/mol. The Kier molecular flexibility index (Phi) is 6.44. The maximum atomic E-state index is 13.1. The Labute approximate surface area is 213 Å². The summed E-state index contributed by atoms with van der Waals surface area (Å²) in [7, 11) is -3.87. The smallest absolute Gasteiger partial charge is 0.265 e. The standard InChI is InChI=1S/C25H26N4O5S2/c1-3-10-29-22-13-17(6-9-23(22)34-14-24(29)31)20-15-35-25(26-20)27-36(32,33)19-7-8-21-18(12-19)5-4-11-28(21)16(2)30/h6-9,12-13,15H,3-5,10-11,14H2,1-2H3,(H,26,27). The van der Waals surface area contributed by atoms with Gasteiger partial charge >= 0.3 is 0 Å². The van der Waals surface area contributed by atoms with Crippen LogP contribution in [0.5, 0.6) is 5.75 Å². The van der Waals surface area contributed by atoms with Crippen molar-refractivity contribution in [2.45, 2.75) is 38.0 Å². The summed E-state index contributed by atoms with van der Waals surface area (Å²) < 4.78 is 34.3. The molecular formula is C25H26N4O5S2. The van der Waals surface area contributed by atoms with Crippen LogP contribution in [0.2, 0.25) is 0 Å². The molecule has 0 radical (unpaired) electrons. The van der Waals surface area contributed by atoms with Gasteiger partial charge in [-0.25, -0.2) is 13.4 Å². The van der Waals surface area contributed by atoms with E-state index in [1.54, 1.807) is 33.4 Å². The van der Waals surface area contributed by atoms with Crippen LogP contribution in [0.1, 0.15) is 32.3 Å². The van der Waals surface area contributed by atoms with E-state index in [4.69, 9.17) is 4.74 Å². The molecule has 1 N–H and O–H groups in total. The number of nitrogens with one attached hydrogen (secondary N) is 1. The van der Waals surface area contributed by atoms with Gasteiger partial charge in [0.25, 0.3) is 15.9 Å². The fourth-order valence-electron chi connectivity index (χ4n) is 4.53. The number of aromatic nitrogens is 1. The number of thiazole rings is 1. The van der Waals surface area contributed by atoms with Crippen LogP contribution in [0, 0.1) is 0 Å². The second-order valence-electron chi connectivity index (χ2n) is 8.72. The summed E-state index contributed by atoms with van der Waals surface area (Å²) >= 11 is 1.18. The summed E-state index contributed by atoms with van der Waals surface area (Å²) in [5.74, 6) is 0.485. The number of benzene rings is 2. The molecule has 0 bridgehead atoms. The first-order valence-electron chi connectivity index (χ1n) is 11.7. The lowest BCUT2D eigenvalue weighted by Gasteiger charge is -2.29. The van der Waals surface area contributed by atoms with Crippen LogP contribution in [-0.2, 0) is 26.0 Å². The number of anilines is 3. The molecule has 0 spiro atoms. The molecule has 0 saturated heterocycles. The fraction of sp³-hybridized carbons (Fsp3) is 0.320. The Morgan fingerprint density at radius 3 is 2.81 bits per heavy atom. The normalized spacial score (nSPS) is 15.2. The van der Waals surface area contributed by atoms with Gasteiger partial charge in [-0.2, -0.15) is 0 Å². The summed E-state index contributed by atoms with van der Waals surface area (Å²) in [6.45, 7) is 4.76. The van der Waals surface area contributed by atoms with Crippen molar-refractivity contribution in [3.63, 3.8) is 0 Å². The van der Waals surface area contributed by atoms with E-state index in [2.05, 4.69) is 9.71 Å². The minimum atomic E-state index is -3.87. The maximum Gasteiger partial charge on any atom is 0.265 e. The van der Waals surface area contributed by atoms with E-state index >= 15 is 0 Å². The minimum Gasteiger partial charge on any atom is -0.482 e. The summed E-state index contributed by atoms with van der Waals surface area (Å²) in [4.78, 5) is 32.2. The second-order valence-corrected chi connectivity index (χ2v) is 11.3. The molecule has 0 saturated carbocycles. The first-order chi connectivity index (χ1) is 17.3. The number of ether oxygens (including phenoxy) is 1. The van der Waals surface area contributed by atoms with Gasteiger partial charge in [0, 0.05) is 36.6 Å². The molecule has 0 aliphatic carbocycles. The van der Waals surface area contributed by atoms with Gasteiger partial charge in [-0.15, -0.1) is 11.3 Å². The van der Waals surface area contributed by atoms with Crippen molar-refractivity contribution in [1.29, 1.82) is 0 Å². The number of amides is 2. The Hall–Kier alpha value is -3.44. The Morgan fingerprint density at radius 2 is 2.03 bits per heavy atom. The quantitative estimate of drug-likeness (QED) is 0.519. The van der Waals surface area contributed by atoms with Crippen molar-refractivity contribution < 1.29 is 22.7 Å². The number of rotatable bonds is 6. The summed E-state index contributed by atoms with van der Waals surface area (Å²) in [6.07, 6.45) is 2.31. The van der Waals surface area contributed by atoms with Gasteiger partial charge in [-0.3, -0.25) is 14.3 Å². The Morgan fingerprint density at radius 1 is 1.19 bits per heavy atom. The molecule has 2 amide bonds. The molecule has 0 unspecified atom stereocenters. The van der Waals surface area contributed by atoms with Crippen molar-refractivity contribution in [3.05, 3.63) is 47.3 Å². The zero-order valence-electron chi connectivity index (χ0n) is 20.0. The number of hydrogen-bond donors (Lipinski definition) is 1. The predicted octanol–water partition coefficient (Wildman–Crippen LogP) is 4.05. The van der Waals surface area contributed by atoms with Crippen molar-refractivity contribution in [3.8, 4) is 17.0 Å². The number of aryl methyl sites for hydroxylation is 1. The van der Waals surface area contributed by atoms with Crippen LogP contribution in [0.3, 0.4) is 0 Å². The van der Waals surface area contributed by atoms with Crippen LogP contribution < -0.4 is 19.3 Å². The third-order valence-corrected chi connectivity index (χ3v) is 8.45. The van der Waals surface area contributed by atoms with Gasteiger partial charge < -0.3 is 14.5 Å². The first kappa shape index (κ1) is 24.3. The highest BCUT2D eigenvalue weighted by Crippen LogP contribution is 2.37. The van der Waals surface area contributed by atoms with Gasteiger partial charge in [-0.05, 0) is 61.2 Å². The largest absolute Gasteiger partial charge is 0.482 e. The van der Waals surface area contributed by atoms with Gasteiger partial charge in [0.2, 0.25) is 5.91 Å². The highest BCUT2D eigenvalue weighted by molar-refractivity contribution is 7.93. The van der Waals surface area contributed by atoms with Gasteiger partial charge in [0.15, 0.2) is 11.7 Å². The Balaban J connectivity index is 1.39. The third-order valence-electron chi connectivity index (χ3n) is 6.23. The monoisotopic (exact) mass is 526 g/mol. The van der Waals surface area contributed by atoms with E-state index in [0.717, 1.165) is 29.7 Å². The molecule has 5 rings (SSSR count). The topological polar surface area (TPSA) is 109 Å². The number of nitrogens with zero attached hydrogens (tertiary/aromatic N) is 3. The Bertz CT molecular complexity index is 1450. The molecular weight excluding hydrogens is 500 g/mol. The SMILES string of the molecule is CCCN1C(=O)COc2ccc(-c3csc(NS(=O)(=O)c4ccc5c(c4)CCCN5C(C)=O)n3)cc21. The van der Waals surface area contributed by atoms with E-state index < -0.39 is 10.0 Å². The lowest BCUT2D eigenvalue weighted by molar-refractivity contribution is -0.121. The van der Waals surface area contributed by atoms with Crippen molar-refractivity contribution in [2.24, 2.45) is 0 Å². The van der Waals surface area contributed by atoms with E-state index in [1.165, 1.54) is 24.3 Å². The number of sulfonamides is 1. The van der Waals surface area contributed by atoms with Crippen LogP contribution in [-0.4, -0.2) is 44.9 Å². The molecule has 2 aromatic carbocycles. The average molecular weight is 527 g/mol. The molecule has 3 aromatic rings. The molecule has 3 heterocycles. The molecule has 2 aliphatic rings. The molecule has 11 heteroatoms. The minimum absolute atomic E-state index is 0.0183. The molecule has 2 aliphatic heterocycles. The second kappa shape index (κ2) is 9.55. The van der Waals surface area contributed by atoms with Crippen LogP contribution in [0.25, 0.3) is 11.3 Å². The van der Waals surface area contributed by atoms with E-state index in [9.17, 15) is 18.0 Å². The van der Waals surface area contributed by atoms with Crippen LogP contribution in [0.4, 0.5) is 16.5 Å². The highest BCUT2D eigenvalue weighted by Gasteiger charge is 2.26. The van der Waals surface area contributed by atoms with Crippen molar-refractivity contribution in [1.82, 2.24) is 4.98 Å². The van der Waals surface area contributed by atoms with Crippen molar-refractivity contribution >= 4 is 49.7 Å². The first-order valence-corrected chi connectivity index (χ1v) is 14.1. The van der Waals surface area contributed by atoms with Gasteiger partial charge in [0.05, 0.1) is 16.3 Å². The van der Waals surface area contributed by atoms with Crippen molar-refractivity contribution in [2.75, 3.05) is 34.2 Å². The molecule has 0 fully saturated rings. The van der Waals surface area contributed by atoms with Gasteiger partial charge in [0.1, 0.15) is 5.75 Å². The number of carbonyl (C=O) groups excluding carboxylic acids is 2. The van der Waals surface area contributed by atoms with Crippen LogP contribution in [0.15, 0.2) is 46.7 Å². The molecule has 36 heavy (non-hydrogen) atoms. The number of carbonyl (C=O) groups is 2. The van der Waals surface area contributed by atoms with Crippen LogP contribution >= 0.6 is 11.3 Å². The van der Waals surface area contributed by atoms with E-state index in [-0.39, 0.29) is 28.4 Å². The maximum absolute atomic E-state index is 13.1. The summed E-state index contributed by atoms with van der Waals surface area (Å²) in [5.41, 5.74) is 3.64. The van der Waals surface area contributed by atoms with E-state index in [0.29, 0.717) is 36.6 Å². The lowest BCUT2D eigenvalue weighted by Crippen LogP contribution is -2.39. The van der Waals surface area contributed by atoms with Gasteiger partial charge in [-0.1, -0.05) is 6.92 Å². The average Bonchev–Trinajstić information content (AvgIpc) is 3.32.